The van der Waals surface area contributed by atoms with Crippen LogP contribution in [0, 0.1) is 0 Å². The van der Waals surface area contributed by atoms with E-state index < -0.39 is 16.7 Å². The van der Waals surface area contributed by atoms with Crippen molar-refractivity contribution in [3.8, 4) is 0 Å². The molecule has 1 N–H and O–H groups in total. The van der Waals surface area contributed by atoms with E-state index in [1.807, 2.05) is 30.3 Å². The maximum absolute atomic E-state index is 12.3. The van der Waals surface area contributed by atoms with Crippen molar-refractivity contribution in [3.05, 3.63) is 35.9 Å². The van der Waals surface area contributed by atoms with Crippen molar-refractivity contribution in [1.29, 1.82) is 0 Å². The predicted molar refractivity (Wildman–Crippen MR) is 71.9 cm³/mol. The standard InChI is InChI=1S/C14H19N2O4/c1-19-13(17)16(9-7-15-8-10-16)14(18)20-11-12-5-3-2-4-6-12/h2-6,15H,7-11H2,1H3/q+1. The van der Waals surface area contributed by atoms with Gasteiger partial charge >= 0.3 is 12.2 Å². The highest BCUT2D eigenvalue weighted by Gasteiger charge is 2.49. The van der Waals surface area contributed by atoms with Crippen LogP contribution in [0.5, 0.6) is 0 Å². The van der Waals surface area contributed by atoms with E-state index in [9.17, 15) is 9.59 Å². The van der Waals surface area contributed by atoms with Gasteiger partial charge in [-0.1, -0.05) is 30.3 Å². The van der Waals surface area contributed by atoms with Crippen LogP contribution < -0.4 is 5.32 Å². The Bertz CT molecular complexity index is 469. The van der Waals surface area contributed by atoms with Gasteiger partial charge in [-0.3, -0.25) is 0 Å². The van der Waals surface area contributed by atoms with Gasteiger partial charge in [0.05, 0.1) is 7.11 Å². The normalized spacial score (nSPS) is 17.2. The summed E-state index contributed by atoms with van der Waals surface area (Å²) >= 11 is 0. The molecule has 0 spiro atoms. The van der Waals surface area contributed by atoms with Crippen LogP contribution in [0.4, 0.5) is 9.59 Å². The number of piperazine rings is 1. The number of ether oxygens (including phenoxy) is 2. The number of quaternary nitrogens is 1. The highest BCUT2D eigenvalue weighted by molar-refractivity contribution is 5.76. The summed E-state index contributed by atoms with van der Waals surface area (Å²) in [5.41, 5.74) is 0.888. The summed E-state index contributed by atoms with van der Waals surface area (Å²) in [5.74, 6) is 0. The lowest BCUT2D eigenvalue weighted by Gasteiger charge is -2.33. The minimum atomic E-state index is -0.565. The lowest BCUT2D eigenvalue weighted by molar-refractivity contribution is -0.788. The molecule has 2 amide bonds. The predicted octanol–water partition coefficient (Wildman–Crippen LogP) is 1.51. The van der Waals surface area contributed by atoms with Gasteiger partial charge in [-0.05, 0) is 5.56 Å². The van der Waals surface area contributed by atoms with Crippen LogP contribution in [0.3, 0.4) is 0 Å². The first-order valence-corrected chi connectivity index (χ1v) is 6.56. The van der Waals surface area contributed by atoms with Gasteiger partial charge < -0.3 is 14.8 Å². The van der Waals surface area contributed by atoms with Gasteiger partial charge in [0, 0.05) is 13.1 Å². The third-order valence-electron chi connectivity index (χ3n) is 3.42. The summed E-state index contributed by atoms with van der Waals surface area (Å²) in [5, 5.41) is 3.12. The third kappa shape index (κ3) is 2.97. The van der Waals surface area contributed by atoms with Crippen LogP contribution in [0.15, 0.2) is 30.3 Å². The van der Waals surface area contributed by atoms with E-state index in [1.54, 1.807) is 0 Å². The van der Waals surface area contributed by atoms with E-state index in [0.29, 0.717) is 26.2 Å². The van der Waals surface area contributed by atoms with Crippen LogP contribution in [0.2, 0.25) is 0 Å². The Morgan fingerprint density at radius 2 is 1.80 bits per heavy atom. The van der Waals surface area contributed by atoms with Gasteiger partial charge in [-0.2, -0.15) is 9.59 Å². The Kier molecular flexibility index (Phi) is 4.70. The molecule has 0 aromatic heterocycles. The first kappa shape index (κ1) is 14.5. The van der Waals surface area contributed by atoms with Crippen molar-refractivity contribution in [2.45, 2.75) is 6.61 Å². The fourth-order valence-corrected chi connectivity index (χ4v) is 2.23. The van der Waals surface area contributed by atoms with Gasteiger partial charge in [0.15, 0.2) is 0 Å². The van der Waals surface area contributed by atoms with Crippen LogP contribution >= 0.6 is 0 Å². The molecule has 6 heteroatoms. The van der Waals surface area contributed by atoms with Gasteiger partial charge in [0.25, 0.3) is 0 Å². The van der Waals surface area contributed by atoms with E-state index >= 15 is 0 Å². The van der Waals surface area contributed by atoms with E-state index in [1.165, 1.54) is 7.11 Å². The number of nitrogens with zero attached hydrogens (tertiary/aromatic N) is 1. The Hall–Kier alpha value is -1.92. The topological polar surface area (TPSA) is 64.6 Å². The molecule has 0 unspecified atom stereocenters. The van der Waals surface area contributed by atoms with Gasteiger partial charge in [-0.15, -0.1) is 4.48 Å². The minimum absolute atomic E-state index is 0.157. The lowest BCUT2D eigenvalue weighted by atomic mass is 10.2. The number of nitrogens with one attached hydrogen (secondary N) is 1. The molecule has 0 aliphatic carbocycles. The fourth-order valence-electron chi connectivity index (χ4n) is 2.23. The molecule has 20 heavy (non-hydrogen) atoms. The molecular weight excluding hydrogens is 260 g/mol. The largest absolute Gasteiger partial charge is 0.527 e. The average Bonchev–Trinajstić information content (AvgIpc) is 2.53. The molecule has 1 saturated heterocycles. The van der Waals surface area contributed by atoms with Crippen LogP contribution in [-0.2, 0) is 16.1 Å². The number of carbonyl (C=O) groups excluding carboxylic acids is 2. The summed E-state index contributed by atoms with van der Waals surface area (Å²) in [6.45, 7) is 2.01. The molecule has 6 nitrogen and oxygen atoms in total. The first-order valence-electron chi connectivity index (χ1n) is 6.56. The zero-order chi connectivity index (χ0) is 14.4. The van der Waals surface area contributed by atoms with Crippen molar-refractivity contribution in [3.63, 3.8) is 0 Å². The van der Waals surface area contributed by atoms with Crippen molar-refractivity contribution in [2.75, 3.05) is 33.3 Å². The summed E-state index contributed by atoms with van der Waals surface area (Å²) in [6.07, 6.45) is -1.12. The number of amides is 2. The molecule has 0 atom stereocenters. The fraction of sp³-hybridized carbons (Fsp3) is 0.429. The van der Waals surface area contributed by atoms with Crippen LogP contribution in [0.1, 0.15) is 5.56 Å². The second-order valence-corrected chi connectivity index (χ2v) is 4.68. The Labute approximate surface area is 117 Å². The first-order chi connectivity index (χ1) is 9.69. The number of hydrogen-bond acceptors (Lipinski definition) is 5. The van der Waals surface area contributed by atoms with E-state index in [4.69, 9.17) is 9.47 Å². The van der Waals surface area contributed by atoms with E-state index in [-0.39, 0.29) is 6.61 Å². The van der Waals surface area contributed by atoms with E-state index in [2.05, 4.69) is 5.32 Å². The van der Waals surface area contributed by atoms with Crippen LogP contribution in [0.25, 0.3) is 0 Å². The molecule has 0 radical (unpaired) electrons. The smallest absolute Gasteiger partial charge is 0.423 e. The average molecular weight is 279 g/mol. The minimum Gasteiger partial charge on any atom is -0.423 e. The molecule has 108 valence electrons. The second kappa shape index (κ2) is 6.49. The molecule has 1 fully saturated rings. The van der Waals surface area contributed by atoms with E-state index in [0.717, 1.165) is 5.56 Å². The van der Waals surface area contributed by atoms with Crippen molar-refractivity contribution < 1.29 is 23.5 Å². The summed E-state index contributed by atoms with van der Waals surface area (Å²) in [6, 6.07) is 9.38. The second-order valence-electron chi connectivity index (χ2n) is 4.68. The van der Waals surface area contributed by atoms with Crippen molar-refractivity contribution >= 4 is 12.2 Å². The molecular formula is C14H19N2O4+. The van der Waals surface area contributed by atoms with Gasteiger partial charge in [0.1, 0.15) is 19.7 Å². The number of imide groups is 1. The van der Waals surface area contributed by atoms with Gasteiger partial charge in [-0.25, -0.2) is 0 Å². The zero-order valence-corrected chi connectivity index (χ0v) is 11.5. The number of rotatable bonds is 2. The number of benzene rings is 1. The monoisotopic (exact) mass is 279 g/mol. The molecule has 1 aliphatic heterocycles. The highest BCUT2D eigenvalue weighted by atomic mass is 16.6. The van der Waals surface area contributed by atoms with Gasteiger partial charge in [0.2, 0.25) is 0 Å². The summed E-state index contributed by atoms with van der Waals surface area (Å²) < 4.78 is 9.66. The number of hydrogen-bond donors (Lipinski definition) is 1. The van der Waals surface area contributed by atoms with Crippen molar-refractivity contribution in [2.24, 2.45) is 0 Å². The molecule has 2 rings (SSSR count). The quantitative estimate of drug-likeness (QED) is 0.831. The Morgan fingerprint density at radius 1 is 1.15 bits per heavy atom. The highest BCUT2D eigenvalue weighted by Crippen LogP contribution is 2.16. The molecule has 1 aromatic rings. The summed E-state index contributed by atoms with van der Waals surface area (Å²) in [7, 11) is 1.29. The summed E-state index contributed by atoms with van der Waals surface area (Å²) in [4.78, 5) is 24.3. The molecule has 1 aliphatic rings. The molecule has 0 bridgehead atoms. The number of methoxy groups -OCH3 is 1. The molecule has 0 saturated carbocycles. The molecule has 1 aromatic carbocycles. The third-order valence-corrected chi connectivity index (χ3v) is 3.42. The Morgan fingerprint density at radius 3 is 2.40 bits per heavy atom. The lowest BCUT2D eigenvalue weighted by Crippen LogP contribution is -2.64. The maximum atomic E-state index is 12.3. The van der Waals surface area contributed by atoms with Crippen molar-refractivity contribution in [1.82, 2.24) is 5.32 Å². The zero-order valence-electron chi connectivity index (χ0n) is 11.5. The maximum Gasteiger partial charge on any atom is 0.527 e. The molecule has 1 heterocycles. The SMILES string of the molecule is COC(=O)[N+]1(C(=O)OCc2ccccc2)CCNCC1. The Balaban J connectivity index is 2.05. The number of carbonyl (C=O) groups is 2. The van der Waals surface area contributed by atoms with Crippen LogP contribution in [-0.4, -0.2) is 50.0 Å².